The van der Waals surface area contributed by atoms with Crippen LogP contribution in [0, 0.1) is 0 Å². The lowest BCUT2D eigenvalue weighted by Crippen LogP contribution is -2.30. The highest BCUT2D eigenvalue weighted by atomic mass is 35.5. The van der Waals surface area contributed by atoms with Crippen LogP contribution in [0.4, 0.5) is 10.5 Å². The van der Waals surface area contributed by atoms with Crippen LogP contribution in [0.1, 0.15) is 30.9 Å². The molecule has 24 heavy (non-hydrogen) atoms. The molecule has 1 aliphatic heterocycles. The van der Waals surface area contributed by atoms with Gasteiger partial charge in [0.05, 0.1) is 5.69 Å². The summed E-state index contributed by atoms with van der Waals surface area (Å²) in [5, 5.41) is 3.17. The lowest BCUT2D eigenvalue weighted by atomic mass is 10.0. The second-order valence-electron chi connectivity index (χ2n) is 5.93. The molecule has 0 aromatic heterocycles. The number of imide groups is 1. The zero-order valence-electron chi connectivity index (χ0n) is 13.4. The summed E-state index contributed by atoms with van der Waals surface area (Å²) in [6.45, 7) is 4.25. The third-order valence-electron chi connectivity index (χ3n) is 3.88. The van der Waals surface area contributed by atoms with Gasteiger partial charge in [-0.1, -0.05) is 49.7 Å². The quantitative estimate of drug-likeness (QED) is 0.657. The second-order valence-corrected chi connectivity index (χ2v) is 6.36. The van der Waals surface area contributed by atoms with E-state index in [1.54, 1.807) is 30.3 Å². The van der Waals surface area contributed by atoms with E-state index in [9.17, 15) is 9.59 Å². The van der Waals surface area contributed by atoms with E-state index in [4.69, 9.17) is 11.6 Å². The van der Waals surface area contributed by atoms with Crippen LogP contribution in [0.5, 0.6) is 0 Å². The Hall–Kier alpha value is -2.59. The molecule has 3 rings (SSSR count). The maximum Gasteiger partial charge on any atom is 0.333 e. The molecular weight excluding hydrogens is 324 g/mol. The summed E-state index contributed by atoms with van der Waals surface area (Å²) in [4.78, 5) is 25.8. The SMILES string of the molecule is CC(C)c1ccc(/C=C2/NC(=O)N(c3ccc(Cl)cc3)C2=O)cc1. The molecule has 0 atom stereocenters. The van der Waals surface area contributed by atoms with Gasteiger partial charge in [-0.15, -0.1) is 0 Å². The maximum absolute atomic E-state index is 12.5. The molecule has 122 valence electrons. The third-order valence-corrected chi connectivity index (χ3v) is 4.13. The zero-order valence-corrected chi connectivity index (χ0v) is 14.2. The van der Waals surface area contributed by atoms with E-state index < -0.39 is 6.03 Å². The Morgan fingerprint density at radius 2 is 1.62 bits per heavy atom. The Morgan fingerprint density at radius 1 is 1.00 bits per heavy atom. The van der Waals surface area contributed by atoms with Crippen LogP contribution in [-0.4, -0.2) is 11.9 Å². The standard InChI is InChI=1S/C19H17ClN2O2/c1-12(2)14-5-3-13(4-6-14)11-17-18(23)22(19(24)21-17)16-9-7-15(20)8-10-16/h3-12H,1-2H3,(H,21,24)/b17-11+. The predicted molar refractivity (Wildman–Crippen MR) is 96.0 cm³/mol. The van der Waals surface area contributed by atoms with Crippen LogP contribution in [0.3, 0.4) is 0 Å². The number of carbonyl (C=O) groups excluding carboxylic acids is 2. The summed E-state index contributed by atoms with van der Waals surface area (Å²) in [7, 11) is 0. The average molecular weight is 341 g/mol. The first-order chi connectivity index (χ1) is 11.5. The summed E-state index contributed by atoms with van der Waals surface area (Å²) in [5.74, 6) is 0.0650. The number of carbonyl (C=O) groups is 2. The summed E-state index contributed by atoms with van der Waals surface area (Å²) in [6, 6.07) is 14.0. The van der Waals surface area contributed by atoms with Crippen LogP contribution in [0.15, 0.2) is 54.2 Å². The van der Waals surface area contributed by atoms with Crippen molar-refractivity contribution in [2.24, 2.45) is 0 Å². The molecule has 0 unspecified atom stereocenters. The topological polar surface area (TPSA) is 49.4 Å². The van der Waals surface area contributed by atoms with Crippen LogP contribution in [0.2, 0.25) is 5.02 Å². The van der Waals surface area contributed by atoms with Gasteiger partial charge in [-0.05, 0) is 47.4 Å². The molecule has 0 bridgehead atoms. The van der Waals surface area contributed by atoms with Crippen molar-refractivity contribution in [2.45, 2.75) is 19.8 Å². The van der Waals surface area contributed by atoms with Gasteiger partial charge in [-0.3, -0.25) is 4.79 Å². The molecule has 2 aromatic carbocycles. The largest absolute Gasteiger partial charge is 0.333 e. The molecule has 1 N–H and O–H groups in total. The van der Waals surface area contributed by atoms with Crippen molar-refractivity contribution in [3.05, 3.63) is 70.4 Å². The number of benzene rings is 2. The summed E-state index contributed by atoms with van der Waals surface area (Å²) in [5.41, 5.74) is 2.83. The second kappa shape index (κ2) is 6.49. The fourth-order valence-corrected chi connectivity index (χ4v) is 2.63. The number of anilines is 1. The fraction of sp³-hybridized carbons (Fsp3) is 0.158. The van der Waals surface area contributed by atoms with Crippen LogP contribution in [-0.2, 0) is 4.79 Å². The minimum absolute atomic E-state index is 0.257. The number of nitrogens with one attached hydrogen (secondary N) is 1. The van der Waals surface area contributed by atoms with E-state index in [0.29, 0.717) is 16.6 Å². The highest BCUT2D eigenvalue weighted by Gasteiger charge is 2.34. The number of urea groups is 1. The Bertz CT molecular complexity index is 808. The summed E-state index contributed by atoms with van der Waals surface area (Å²) >= 11 is 5.85. The molecule has 3 amide bonds. The monoisotopic (exact) mass is 340 g/mol. The van der Waals surface area contributed by atoms with Crippen molar-refractivity contribution in [3.8, 4) is 0 Å². The van der Waals surface area contributed by atoms with Crippen molar-refractivity contribution in [1.82, 2.24) is 5.32 Å². The lowest BCUT2D eigenvalue weighted by molar-refractivity contribution is -0.113. The first-order valence-electron chi connectivity index (χ1n) is 7.68. The summed E-state index contributed by atoms with van der Waals surface area (Å²) in [6.07, 6.45) is 1.68. The van der Waals surface area contributed by atoms with Gasteiger partial charge in [0, 0.05) is 5.02 Å². The van der Waals surface area contributed by atoms with Gasteiger partial charge in [-0.25, -0.2) is 9.69 Å². The highest BCUT2D eigenvalue weighted by Crippen LogP contribution is 2.24. The van der Waals surface area contributed by atoms with E-state index in [0.717, 1.165) is 10.5 Å². The molecule has 1 fully saturated rings. The van der Waals surface area contributed by atoms with E-state index >= 15 is 0 Å². The molecule has 0 saturated carbocycles. The smallest absolute Gasteiger partial charge is 0.302 e. The van der Waals surface area contributed by atoms with E-state index in [-0.39, 0.29) is 11.6 Å². The van der Waals surface area contributed by atoms with Crippen molar-refractivity contribution in [1.29, 1.82) is 0 Å². The van der Waals surface area contributed by atoms with Crippen LogP contribution >= 0.6 is 11.6 Å². The summed E-state index contributed by atoms with van der Waals surface area (Å²) < 4.78 is 0. The number of hydrogen-bond donors (Lipinski definition) is 1. The molecule has 5 heteroatoms. The molecule has 4 nitrogen and oxygen atoms in total. The number of nitrogens with zero attached hydrogens (tertiary/aromatic N) is 1. The van der Waals surface area contributed by atoms with Crippen molar-refractivity contribution in [3.63, 3.8) is 0 Å². The molecule has 0 aliphatic carbocycles. The van der Waals surface area contributed by atoms with Gasteiger partial charge in [0.15, 0.2) is 0 Å². The van der Waals surface area contributed by atoms with Gasteiger partial charge in [0.1, 0.15) is 5.70 Å². The number of rotatable bonds is 3. The maximum atomic E-state index is 12.5. The number of amides is 3. The van der Waals surface area contributed by atoms with Crippen LogP contribution in [0.25, 0.3) is 6.08 Å². The third kappa shape index (κ3) is 3.19. The minimum Gasteiger partial charge on any atom is -0.302 e. The van der Waals surface area contributed by atoms with E-state index in [1.165, 1.54) is 5.56 Å². The molecule has 0 radical (unpaired) electrons. The van der Waals surface area contributed by atoms with Crippen molar-refractivity contribution >= 4 is 35.3 Å². The normalized spacial score (nSPS) is 16.2. The molecular formula is C19H17ClN2O2. The molecule has 1 saturated heterocycles. The Labute approximate surface area is 145 Å². The van der Waals surface area contributed by atoms with Crippen molar-refractivity contribution < 1.29 is 9.59 Å². The number of halogens is 1. The molecule has 2 aromatic rings. The molecule has 1 aliphatic rings. The zero-order chi connectivity index (χ0) is 17.3. The first kappa shape index (κ1) is 16.3. The van der Waals surface area contributed by atoms with Gasteiger partial charge in [-0.2, -0.15) is 0 Å². The molecule has 0 spiro atoms. The molecule has 1 heterocycles. The highest BCUT2D eigenvalue weighted by molar-refractivity contribution is 6.31. The average Bonchev–Trinajstić information content (AvgIpc) is 2.83. The first-order valence-corrected chi connectivity index (χ1v) is 8.06. The lowest BCUT2D eigenvalue weighted by Gasteiger charge is -2.11. The minimum atomic E-state index is -0.465. The van der Waals surface area contributed by atoms with Gasteiger partial charge < -0.3 is 5.32 Å². The van der Waals surface area contributed by atoms with Gasteiger partial charge >= 0.3 is 6.03 Å². The van der Waals surface area contributed by atoms with E-state index in [2.05, 4.69) is 19.2 Å². The van der Waals surface area contributed by atoms with Crippen LogP contribution < -0.4 is 10.2 Å². The van der Waals surface area contributed by atoms with Gasteiger partial charge in [0.2, 0.25) is 0 Å². The fourth-order valence-electron chi connectivity index (χ4n) is 2.50. The Balaban J connectivity index is 1.86. The van der Waals surface area contributed by atoms with Crippen molar-refractivity contribution in [2.75, 3.05) is 4.90 Å². The van der Waals surface area contributed by atoms with E-state index in [1.807, 2.05) is 24.3 Å². The predicted octanol–water partition coefficient (Wildman–Crippen LogP) is 4.56. The number of hydrogen-bond acceptors (Lipinski definition) is 2. The van der Waals surface area contributed by atoms with Gasteiger partial charge in [0.25, 0.3) is 5.91 Å². The Kier molecular flexibility index (Phi) is 4.40. The Morgan fingerprint density at radius 3 is 2.21 bits per heavy atom.